The summed E-state index contributed by atoms with van der Waals surface area (Å²) in [6.07, 6.45) is 2.30. The predicted molar refractivity (Wildman–Crippen MR) is 144 cm³/mol. The minimum atomic E-state index is -0.473. The van der Waals surface area contributed by atoms with Crippen LogP contribution in [0.5, 0.6) is 5.75 Å². The molecule has 4 rings (SSSR count). The number of hydrogen-bond donors (Lipinski definition) is 0. The van der Waals surface area contributed by atoms with Crippen molar-refractivity contribution in [3.05, 3.63) is 59.3 Å². The molecule has 3 aromatic rings. The van der Waals surface area contributed by atoms with Crippen LogP contribution in [0.3, 0.4) is 0 Å². The minimum absolute atomic E-state index is 0.178. The summed E-state index contributed by atoms with van der Waals surface area (Å²) in [6, 6.07) is 12.6. The van der Waals surface area contributed by atoms with Crippen molar-refractivity contribution in [2.24, 2.45) is 0 Å². The van der Waals surface area contributed by atoms with Gasteiger partial charge in [0.2, 0.25) is 0 Å². The van der Waals surface area contributed by atoms with E-state index in [1.165, 1.54) is 0 Å². The fourth-order valence-electron chi connectivity index (χ4n) is 4.52. The molecular formula is C29H38BNO5. The van der Waals surface area contributed by atoms with Crippen molar-refractivity contribution in [2.75, 3.05) is 6.61 Å². The Kier molecular flexibility index (Phi) is 7.27. The van der Waals surface area contributed by atoms with E-state index in [9.17, 15) is 4.79 Å². The average Bonchev–Trinajstić information content (AvgIpc) is 3.31. The Morgan fingerprint density at radius 1 is 1.06 bits per heavy atom. The highest BCUT2D eigenvalue weighted by atomic mass is 16.7. The summed E-state index contributed by atoms with van der Waals surface area (Å²) in [5.74, 6) is 0.435. The van der Waals surface area contributed by atoms with Gasteiger partial charge in [-0.25, -0.2) is 0 Å². The first kappa shape index (κ1) is 26.3. The summed E-state index contributed by atoms with van der Waals surface area (Å²) in [5, 5.41) is 1.12. The Hall–Kier alpha value is -2.77. The zero-order valence-electron chi connectivity index (χ0n) is 22.8. The molecule has 0 unspecified atom stereocenters. The summed E-state index contributed by atoms with van der Waals surface area (Å²) < 4.78 is 26.6. The number of fused-ring (bicyclic) bond motifs is 1. The van der Waals surface area contributed by atoms with E-state index in [1.807, 2.05) is 32.0 Å². The fourth-order valence-corrected chi connectivity index (χ4v) is 4.52. The highest BCUT2D eigenvalue weighted by Gasteiger charge is 2.52. The van der Waals surface area contributed by atoms with E-state index in [-0.39, 0.29) is 12.4 Å². The summed E-state index contributed by atoms with van der Waals surface area (Å²) in [4.78, 5) is 12.1. The molecule has 1 aliphatic heterocycles. The number of hydrogen-bond acceptors (Lipinski definition) is 5. The van der Waals surface area contributed by atoms with E-state index >= 15 is 0 Å². The van der Waals surface area contributed by atoms with E-state index < -0.39 is 18.3 Å². The molecule has 1 aliphatic rings. The molecule has 0 amide bonds. The largest absolute Gasteiger partial charge is 0.495 e. The van der Waals surface area contributed by atoms with Crippen LogP contribution in [0.4, 0.5) is 0 Å². The number of aromatic nitrogens is 1. The topological polar surface area (TPSA) is 58.9 Å². The highest BCUT2D eigenvalue weighted by molar-refractivity contribution is 6.65. The van der Waals surface area contributed by atoms with E-state index in [1.54, 1.807) is 0 Å². The van der Waals surface area contributed by atoms with Crippen molar-refractivity contribution in [3.63, 3.8) is 0 Å². The van der Waals surface area contributed by atoms with Crippen LogP contribution in [0.25, 0.3) is 10.9 Å². The lowest BCUT2D eigenvalue weighted by Gasteiger charge is -2.32. The monoisotopic (exact) mass is 491 g/mol. The smallest absolute Gasteiger partial charge is 0.489 e. The van der Waals surface area contributed by atoms with E-state index in [2.05, 4.69) is 70.5 Å². The van der Waals surface area contributed by atoms with Crippen LogP contribution < -0.4 is 10.2 Å². The molecule has 0 bridgehead atoms. The molecule has 0 aliphatic carbocycles. The molecule has 6 nitrogen and oxygen atoms in total. The van der Waals surface area contributed by atoms with Gasteiger partial charge < -0.3 is 23.3 Å². The van der Waals surface area contributed by atoms with Crippen molar-refractivity contribution in [2.45, 2.75) is 85.7 Å². The molecule has 0 atom stereocenters. The lowest BCUT2D eigenvalue weighted by atomic mass is 9.76. The first-order chi connectivity index (χ1) is 16.9. The molecule has 0 spiro atoms. The molecule has 1 aromatic heterocycles. The molecule has 36 heavy (non-hydrogen) atoms. The number of rotatable bonds is 8. The van der Waals surface area contributed by atoms with Gasteiger partial charge in [-0.15, -0.1) is 0 Å². The molecule has 0 radical (unpaired) electrons. The van der Waals surface area contributed by atoms with Crippen LogP contribution in [0, 0.1) is 6.92 Å². The predicted octanol–water partition coefficient (Wildman–Crippen LogP) is 5.51. The van der Waals surface area contributed by atoms with Gasteiger partial charge in [0.05, 0.1) is 24.2 Å². The average molecular weight is 491 g/mol. The normalized spacial score (nSPS) is 16.6. The first-order valence-corrected chi connectivity index (χ1v) is 12.8. The molecule has 2 heterocycles. The molecule has 1 saturated heterocycles. The van der Waals surface area contributed by atoms with Gasteiger partial charge in [-0.3, -0.25) is 4.79 Å². The van der Waals surface area contributed by atoms with Gasteiger partial charge in [-0.2, -0.15) is 0 Å². The summed E-state index contributed by atoms with van der Waals surface area (Å²) in [6.45, 7) is 17.2. The van der Waals surface area contributed by atoms with Crippen LogP contribution in [-0.4, -0.2) is 35.5 Å². The van der Waals surface area contributed by atoms with Gasteiger partial charge in [-0.05, 0) is 95.6 Å². The van der Waals surface area contributed by atoms with Crippen molar-refractivity contribution >= 4 is 29.5 Å². The van der Waals surface area contributed by atoms with E-state index in [4.69, 9.17) is 18.8 Å². The lowest BCUT2D eigenvalue weighted by Crippen LogP contribution is -2.41. The van der Waals surface area contributed by atoms with Crippen molar-refractivity contribution < 1.29 is 23.6 Å². The second kappa shape index (κ2) is 9.94. The third-order valence-corrected chi connectivity index (χ3v) is 7.25. The van der Waals surface area contributed by atoms with Crippen molar-refractivity contribution in [1.29, 1.82) is 0 Å². The Morgan fingerprint density at radius 2 is 1.75 bits per heavy atom. The van der Waals surface area contributed by atoms with Crippen LogP contribution >= 0.6 is 0 Å². The Balaban J connectivity index is 1.69. The first-order valence-electron chi connectivity index (χ1n) is 12.8. The number of carbonyl (C=O) groups is 1. The van der Waals surface area contributed by atoms with Gasteiger partial charge in [0, 0.05) is 23.3 Å². The zero-order valence-corrected chi connectivity index (χ0v) is 22.8. The van der Waals surface area contributed by atoms with Crippen LogP contribution in [0.2, 0.25) is 0 Å². The molecule has 0 N–H and O–H groups in total. The number of ether oxygens (including phenoxy) is 2. The quantitative estimate of drug-likeness (QED) is 0.307. The maximum absolute atomic E-state index is 12.1. The second-order valence-electron chi connectivity index (χ2n) is 10.9. The molecular weight excluding hydrogens is 453 g/mol. The Morgan fingerprint density at radius 3 is 2.39 bits per heavy atom. The summed E-state index contributed by atoms with van der Waals surface area (Å²) in [5.41, 5.74) is 4.15. The van der Waals surface area contributed by atoms with E-state index in [0.29, 0.717) is 25.0 Å². The summed E-state index contributed by atoms with van der Waals surface area (Å²) in [7, 11) is -0.473. The van der Waals surface area contributed by atoms with Crippen LogP contribution in [0.1, 0.15) is 71.2 Å². The Bertz CT molecular complexity index is 1240. The van der Waals surface area contributed by atoms with Gasteiger partial charge in [-0.1, -0.05) is 18.2 Å². The number of carbonyl (C=O) groups excluding carboxylic acids is 1. The van der Waals surface area contributed by atoms with Gasteiger partial charge in [0.15, 0.2) is 0 Å². The third-order valence-electron chi connectivity index (χ3n) is 7.25. The number of aryl methyl sites for hydroxylation is 1. The van der Waals surface area contributed by atoms with Crippen molar-refractivity contribution in [3.8, 4) is 5.75 Å². The van der Waals surface area contributed by atoms with Crippen LogP contribution in [0.15, 0.2) is 42.6 Å². The molecule has 192 valence electrons. The van der Waals surface area contributed by atoms with Gasteiger partial charge in [0.25, 0.3) is 0 Å². The molecule has 1 fully saturated rings. The third kappa shape index (κ3) is 5.18. The van der Waals surface area contributed by atoms with E-state index in [0.717, 1.165) is 33.1 Å². The highest BCUT2D eigenvalue weighted by Crippen LogP contribution is 2.37. The fraction of sp³-hybridized carbons (Fsp3) is 0.483. The maximum atomic E-state index is 12.1. The maximum Gasteiger partial charge on any atom is 0.495 e. The second-order valence-corrected chi connectivity index (χ2v) is 10.9. The number of benzene rings is 2. The standard InChI is InChI=1S/C29H38BNO5/c1-9-33-27(32)17-22-11-10-20(4)14-26(22)34-18-21-15-24(30-35-28(5,6)29(7,8)36-30)23-12-13-31(19(2)3)25(23)16-21/h10-16,19H,9,17-18H2,1-8H3. The summed E-state index contributed by atoms with van der Waals surface area (Å²) >= 11 is 0. The van der Waals surface area contributed by atoms with Gasteiger partial charge >= 0.3 is 13.1 Å². The van der Waals surface area contributed by atoms with Gasteiger partial charge in [0.1, 0.15) is 12.4 Å². The minimum Gasteiger partial charge on any atom is -0.489 e. The van der Waals surface area contributed by atoms with Crippen LogP contribution in [-0.2, 0) is 31.9 Å². The molecule has 2 aromatic carbocycles. The zero-order chi connectivity index (χ0) is 26.3. The Labute approximate surface area is 215 Å². The molecule has 7 heteroatoms. The number of esters is 1. The van der Waals surface area contributed by atoms with Crippen molar-refractivity contribution in [1.82, 2.24) is 4.57 Å². The lowest BCUT2D eigenvalue weighted by molar-refractivity contribution is -0.142. The molecule has 0 saturated carbocycles. The number of nitrogens with zero attached hydrogens (tertiary/aromatic N) is 1. The SMILES string of the molecule is CCOC(=O)Cc1ccc(C)cc1OCc1cc(B2OC(C)(C)C(C)(C)O2)c2ccn(C(C)C)c2c1.